The first-order valence-electron chi connectivity index (χ1n) is 6.20. The number of morpholine rings is 1. The summed E-state index contributed by atoms with van der Waals surface area (Å²) < 4.78 is 5.21. The number of aliphatic hydroxyl groups is 1. The fourth-order valence-corrected chi connectivity index (χ4v) is 2.17. The highest BCUT2D eigenvalue weighted by molar-refractivity contribution is 6.31. The molecule has 0 saturated carbocycles. The maximum Gasteiger partial charge on any atom is 0.239 e. The summed E-state index contributed by atoms with van der Waals surface area (Å²) in [6.45, 7) is 1.76. The molecule has 1 heterocycles. The summed E-state index contributed by atoms with van der Waals surface area (Å²) in [6.07, 6.45) is -0.817. The van der Waals surface area contributed by atoms with E-state index < -0.39 is 6.10 Å². The maximum absolute atomic E-state index is 11.8. The molecule has 1 fully saturated rings. The number of rotatable bonds is 4. The molecule has 0 unspecified atom stereocenters. The molecule has 1 aromatic rings. The molecule has 2 atom stereocenters. The normalized spacial score (nSPS) is 20.8. The van der Waals surface area contributed by atoms with Crippen LogP contribution in [0.1, 0.15) is 11.7 Å². The predicted molar refractivity (Wildman–Crippen MR) is 72.0 cm³/mol. The Hall–Kier alpha value is -1.14. The monoisotopic (exact) mass is 284 g/mol. The van der Waals surface area contributed by atoms with Gasteiger partial charge in [-0.2, -0.15) is 0 Å². The Morgan fingerprint density at radius 3 is 3.05 bits per heavy atom. The van der Waals surface area contributed by atoms with E-state index in [1.807, 2.05) is 0 Å². The molecule has 104 valence electrons. The van der Waals surface area contributed by atoms with Gasteiger partial charge in [-0.3, -0.25) is 4.79 Å². The lowest BCUT2D eigenvalue weighted by Gasteiger charge is -2.23. The number of aliphatic hydroxyl groups excluding tert-OH is 1. The quantitative estimate of drug-likeness (QED) is 0.752. The Morgan fingerprint density at radius 1 is 1.58 bits per heavy atom. The van der Waals surface area contributed by atoms with Crippen LogP contribution >= 0.6 is 11.6 Å². The van der Waals surface area contributed by atoms with Crippen LogP contribution in [-0.2, 0) is 9.53 Å². The first kappa shape index (κ1) is 14.3. The maximum atomic E-state index is 11.8. The first-order chi connectivity index (χ1) is 9.18. The van der Waals surface area contributed by atoms with Crippen molar-refractivity contribution >= 4 is 17.5 Å². The van der Waals surface area contributed by atoms with Crippen LogP contribution in [0.15, 0.2) is 24.3 Å². The fourth-order valence-electron chi connectivity index (χ4n) is 1.91. The van der Waals surface area contributed by atoms with E-state index in [4.69, 9.17) is 16.3 Å². The van der Waals surface area contributed by atoms with E-state index in [1.54, 1.807) is 24.3 Å². The highest BCUT2D eigenvalue weighted by Gasteiger charge is 2.22. The number of nitrogens with one attached hydrogen (secondary N) is 2. The molecule has 0 radical (unpaired) electrons. The highest BCUT2D eigenvalue weighted by atomic mass is 35.5. The molecule has 5 nitrogen and oxygen atoms in total. The molecular weight excluding hydrogens is 268 g/mol. The lowest BCUT2D eigenvalue weighted by Crippen LogP contribution is -2.51. The van der Waals surface area contributed by atoms with Gasteiger partial charge in [0.2, 0.25) is 5.91 Å². The number of hydrogen-bond acceptors (Lipinski definition) is 4. The van der Waals surface area contributed by atoms with Crippen LogP contribution in [0.25, 0.3) is 0 Å². The molecule has 2 rings (SSSR count). The van der Waals surface area contributed by atoms with Crippen molar-refractivity contribution in [2.24, 2.45) is 0 Å². The molecule has 3 N–H and O–H groups in total. The summed E-state index contributed by atoms with van der Waals surface area (Å²) in [5, 5.41) is 16.2. The van der Waals surface area contributed by atoms with E-state index in [1.165, 1.54) is 0 Å². The van der Waals surface area contributed by atoms with Crippen molar-refractivity contribution in [1.29, 1.82) is 0 Å². The van der Waals surface area contributed by atoms with Crippen LogP contribution in [0.4, 0.5) is 0 Å². The summed E-state index contributed by atoms with van der Waals surface area (Å²) in [7, 11) is 0. The van der Waals surface area contributed by atoms with Crippen LogP contribution in [0, 0.1) is 0 Å². The smallest absolute Gasteiger partial charge is 0.239 e. The molecule has 0 aromatic heterocycles. The molecule has 6 heteroatoms. The minimum Gasteiger partial charge on any atom is -0.387 e. The summed E-state index contributed by atoms with van der Waals surface area (Å²) in [5.41, 5.74) is 0.609. The SMILES string of the molecule is O=C(NC[C@H](O)c1ccccc1Cl)[C@H]1COCCN1. The second-order valence-electron chi connectivity index (χ2n) is 4.36. The van der Waals surface area contributed by atoms with Gasteiger partial charge in [0.25, 0.3) is 0 Å². The van der Waals surface area contributed by atoms with Crippen molar-refractivity contribution in [3.63, 3.8) is 0 Å². The molecular formula is C13H17ClN2O3. The average molecular weight is 285 g/mol. The number of halogens is 1. The Labute approximate surface area is 116 Å². The molecule has 1 aromatic carbocycles. The molecule has 1 aliphatic heterocycles. The molecule has 1 aliphatic rings. The number of amides is 1. The van der Waals surface area contributed by atoms with E-state index in [9.17, 15) is 9.90 Å². The van der Waals surface area contributed by atoms with Crippen LogP contribution in [0.3, 0.4) is 0 Å². The number of ether oxygens (including phenoxy) is 1. The van der Waals surface area contributed by atoms with Gasteiger partial charge in [0.05, 0.1) is 19.3 Å². The van der Waals surface area contributed by atoms with E-state index in [0.29, 0.717) is 30.3 Å². The van der Waals surface area contributed by atoms with Gasteiger partial charge < -0.3 is 20.5 Å². The van der Waals surface area contributed by atoms with Crippen LogP contribution in [0.2, 0.25) is 5.02 Å². The molecule has 0 spiro atoms. The van der Waals surface area contributed by atoms with Gasteiger partial charge in [0.15, 0.2) is 0 Å². The second kappa shape index (κ2) is 6.86. The van der Waals surface area contributed by atoms with Crippen molar-refractivity contribution in [2.75, 3.05) is 26.3 Å². The van der Waals surface area contributed by atoms with Crippen molar-refractivity contribution in [3.05, 3.63) is 34.9 Å². The third kappa shape index (κ3) is 3.91. The summed E-state index contributed by atoms with van der Waals surface area (Å²) in [6, 6.07) is 6.68. The Morgan fingerprint density at radius 2 is 2.37 bits per heavy atom. The predicted octanol–water partition coefficient (Wildman–Crippen LogP) is 0.478. The first-order valence-corrected chi connectivity index (χ1v) is 6.57. The minimum atomic E-state index is -0.817. The van der Waals surface area contributed by atoms with Crippen molar-refractivity contribution in [2.45, 2.75) is 12.1 Å². The molecule has 1 amide bonds. The number of carbonyl (C=O) groups is 1. The van der Waals surface area contributed by atoms with E-state index in [2.05, 4.69) is 10.6 Å². The second-order valence-corrected chi connectivity index (χ2v) is 4.77. The van der Waals surface area contributed by atoms with Crippen molar-refractivity contribution in [3.8, 4) is 0 Å². The third-order valence-corrected chi connectivity index (χ3v) is 3.32. The minimum absolute atomic E-state index is 0.126. The topological polar surface area (TPSA) is 70.6 Å². The summed E-state index contributed by atoms with van der Waals surface area (Å²) in [4.78, 5) is 11.8. The molecule has 1 saturated heterocycles. The standard InChI is InChI=1S/C13H17ClN2O3/c14-10-4-2-1-3-9(10)12(17)7-16-13(18)11-8-19-6-5-15-11/h1-4,11-12,15,17H,5-8H2,(H,16,18)/t11-,12+/m1/s1. The molecule has 19 heavy (non-hydrogen) atoms. The lowest BCUT2D eigenvalue weighted by molar-refractivity contribution is -0.126. The number of benzene rings is 1. The average Bonchev–Trinajstić information content (AvgIpc) is 2.46. The van der Waals surface area contributed by atoms with Gasteiger partial charge in [-0.1, -0.05) is 29.8 Å². The summed E-state index contributed by atoms with van der Waals surface area (Å²) >= 11 is 5.98. The van der Waals surface area contributed by atoms with E-state index in [0.717, 1.165) is 0 Å². The van der Waals surface area contributed by atoms with Gasteiger partial charge in [0.1, 0.15) is 6.04 Å². The van der Waals surface area contributed by atoms with Crippen LogP contribution in [0.5, 0.6) is 0 Å². The Bertz CT molecular complexity index is 436. The lowest BCUT2D eigenvalue weighted by atomic mass is 10.1. The Kier molecular flexibility index (Phi) is 5.15. The zero-order chi connectivity index (χ0) is 13.7. The highest BCUT2D eigenvalue weighted by Crippen LogP contribution is 2.21. The van der Waals surface area contributed by atoms with Crippen LogP contribution in [-0.4, -0.2) is 43.4 Å². The fraction of sp³-hybridized carbons (Fsp3) is 0.462. The van der Waals surface area contributed by atoms with E-state index in [-0.39, 0.29) is 18.5 Å². The van der Waals surface area contributed by atoms with Gasteiger partial charge in [0, 0.05) is 23.7 Å². The van der Waals surface area contributed by atoms with E-state index >= 15 is 0 Å². The van der Waals surface area contributed by atoms with Gasteiger partial charge in [-0.05, 0) is 6.07 Å². The van der Waals surface area contributed by atoms with Gasteiger partial charge in [-0.15, -0.1) is 0 Å². The number of carbonyl (C=O) groups excluding carboxylic acids is 1. The zero-order valence-corrected chi connectivity index (χ0v) is 11.2. The molecule has 0 aliphatic carbocycles. The van der Waals surface area contributed by atoms with Crippen LogP contribution < -0.4 is 10.6 Å². The zero-order valence-electron chi connectivity index (χ0n) is 10.4. The largest absolute Gasteiger partial charge is 0.387 e. The summed E-state index contributed by atoms with van der Waals surface area (Å²) in [5.74, 6) is -0.175. The van der Waals surface area contributed by atoms with Crippen molar-refractivity contribution in [1.82, 2.24) is 10.6 Å². The number of hydrogen-bond donors (Lipinski definition) is 3. The Balaban J connectivity index is 1.84. The third-order valence-electron chi connectivity index (χ3n) is 2.97. The van der Waals surface area contributed by atoms with Crippen molar-refractivity contribution < 1.29 is 14.6 Å². The molecule has 0 bridgehead atoms. The van der Waals surface area contributed by atoms with Gasteiger partial charge >= 0.3 is 0 Å². The van der Waals surface area contributed by atoms with Gasteiger partial charge in [-0.25, -0.2) is 0 Å².